The number of aliphatic hydroxyl groups excluding tert-OH is 3. The van der Waals surface area contributed by atoms with Crippen LogP contribution in [0.2, 0.25) is 0 Å². The Balaban J connectivity index is 2.94. The van der Waals surface area contributed by atoms with E-state index in [2.05, 4.69) is 4.98 Å². The first kappa shape index (κ1) is 11.6. The van der Waals surface area contributed by atoms with Gasteiger partial charge in [-0.05, 0) is 12.1 Å². The summed E-state index contributed by atoms with van der Waals surface area (Å²) < 4.78 is 0. The number of aliphatic hydroxyl groups is 3. The van der Waals surface area contributed by atoms with Crippen molar-refractivity contribution in [1.29, 1.82) is 0 Å². The highest BCUT2D eigenvalue weighted by Crippen LogP contribution is 2.14. The molecule has 0 aliphatic heterocycles. The van der Waals surface area contributed by atoms with Gasteiger partial charge in [-0.3, -0.25) is 0 Å². The van der Waals surface area contributed by atoms with E-state index in [1.807, 2.05) is 0 Å². The predicted molar refractivity (Wildman–Crippen MR) is 49.2 cm³/mol. The van der Waals surface area contributed by atoms with Crippen LogP contribution >= 0.6 is 0 Å². The lowest BCUT2D eigenvalue weighted by Crippen LogP contribution is -2.23. The number of carboxylic acids is 1. The van der Waals surface area contributed by atoms with Gasteiger partial charge in [0.05, 0.1) is 12.3 Å². The quantitative estimate of drug-likeness (QED) is 0.519. The molecule has 0 aliphatic carbocycles. The third-order valence-corrected chi connectivity index (χ3v) is 1.84. The van der Waals surface area contributed by atoms with Crippen molar-refractivity contribution >= 4 is 5.97 Å². The van der Waals surface area contributed by atoms with E-state index in [9.17, 15) is 9.90 Å². The summed E-state index contributed by atoms with van der Waals surface area (Å²) >= 11 is 0. The monoisotopic (exact) mass is 213 g/mol. The second-order valence-corrected chi connectivity index (χ2v) is 2.95. The largest absolute Gasteiger partial charge is 0.477 e. The summed E-state index contributed by atoms with van der Waals surface area (Å²) in [6.45, 7) is -0.625. The minimum absolute atomic E-state index is 0.0106. The molecule has 0 radical (unpaired) electrons. The summed E-state index contributed by atoms with van der Waals surface area (Å²) in [4.78, 5) is 14.2. The summed E-state index contributed by atoms with van der Waals surface area (Å²) in [6, 6.07) is 4.04. The molecule has 4 N–H and O–H groups in total. The number of rotatable bonds is 4. The van der Waals surface area contributed by atoms with E-state index in [0.29, 0.717) is 0 Å². The SMILES string of the molecule is O=C(O)c1cccc(C(O)C(O)CO)n1. The first-order valence-electron chi connectivity index (χ1n) is 4.23. The Bertz CT molecular complexity index is 354. The Hall–Kier alpha value is -1.50. The molecular weight excluding hydrogens is 202 g/mol. The Morgan fingerprint density at radius 1 is 1.40 bits per heavy atom. The van der Waals surface area contributed by atoms with E-state index in [4.69, 9.17) is 15.3 Å². The van der Waals surface area contributed by atoms with Crippen molar-refractivity contribution < 1.29 is 25.2 Å². The van der Waals surface area contributed by atoms with E-state index in [1.165, 1.54) is 18.2 Å². The van der Waals surface area contributed by atoms with Crippen LogP contribution in [-0.4, -0.2) is 44.1 Å². The fraction of sp³-hybridized carbons (Fsp3) is 0.333. The van der Waals surface area contributed by atoms with Crippen molar-refractivity contribution in [3.8, 4) is 0 Å². The van der Waals surface area contributed by atoms with Crippen LogP contribution in [-0.2, 0) is 0 Å². The highest BCUT2D eigenvalue weighted by molar-refractivity contribution is 5.85. The average molecular weight is 213 g/mol. The van der Waals surface area contributed by atoms with Gasteiger partial charge in [0.15, 0.2) is 0 Å². The van der Waals surface area contributed by atoms with Gasteiger partial charge in [0, 0.05) is 0 Å². The number of aromatic carboxylic acids is 1. The van der Waals surface area contributed by atoms with Gasteiger partial charge in [0.2, 0.25) is 0 Å². The zero-order chi connectivity index (χ0) is 11.4. The van der Waals surface area contributed by atoms with Gasteiger partial charge >= 0.3 is 5.97 Å². The van der Waals surface area contributed by atoms with Gasteiger partial charge in [0.25, 0.3) is 0 Å². The van der Waals surface area contributed by atoms with Crippen LogP contribution in [0.15, 0.2) is 18.2 Å². The number of pyridine rings is 1. The molecule has 15 heavy (non-hydrogen) atoms. The van der Waals surface area contributed by atoms with Gasteiger partial charge in [-0.15, -0.1) is 0 Å². The van der Waals surface area contributed by atoms with Gasteiger partial charge in [-0.2, -0.15) is 0 Å². The lowest BCUT2D eigenvalue weighted by atomic mass is 10.1. The van der Waals surface area contributed by atoms with Crippen molar-refractivity contribution in [1.82, 2.24) is 4.98 Å². The Morgan fingerprint density at radius 3 is 2.60 bits per heavy atom. The second-order valence-electron chi connectivity index (χ2n) is 2.95. The molecule has 1 rings (SSSR count). The molecule has 6 nitrogen and oxygen atoms in total. The van der Waals surface area contributed by atoms with E-state index in [1.54, 1.807) is 0 Å². The fourth-order valence-corrected chi connectivity index (χ4v) is 1.03. The van der Waals surface area contributed by atoms with Gasteiger partial charge in [-0.1, -0.05) is 6.07 Å². The van der Waals surface area contributed by atoms with Crippen molar-refractivity contribution in [3.05, 3.63) is 29.6 Å². The van der Waals surface area contributed by atoms with Crippen LogP contribution in [0, 0.1) is 0 Å². The zero-order valence-electron chi connectivity index (χ0n) is 7.74. The third-order valence-electron chi connectivity index (χ3n) is 1.84. The van der Waals surface area contributed by atoms with Crippen molar-refractivity contribution in [2.45, 2.75) is 12.2 Å². The standard InChI is InChI=1S/C9H11NO5/c11-4-7(12)8(13)5-2-1-3-6(10-5)9(14)15/h1-3,7-8,11-13H,4H2,(H,14,15). The number of hydrogen-bond acceptors (Lipinski definition) is 5. The molecule has 0 saturated heterocycles. The normalized spacial score (nSPS) is 14.6. The zero-order valence-corrected chi connectivity index (χ0v) is 7.74. The number of aromatic nitrogens is 1. The molecule has 1 aromatic rings. The molecule has 1 aromatic heterocycles. The van der Waals surface area contributed by atoms with Crippen LogP contribution < -0.4 is 0 Å². The second kappa shape index (κ2) is 4.83. The lowest BCUT2D eigenvalue weighted by Gasteiger charge is -2.14. The van der Waals surface area contributed by atoms with Crippen LogP contribution in [0.3, 0.4) is 0 Å². The van der Waals surface area contributed by atoms with Gasteiger partial charge < -0.3 is 20.4 Å². The molecule has 0 aliphatic rings. The minimum atomic E-state index is -1.39. The van der Waals surface area contributed by atoms with Crippen molar-refractivity contribution in [3.63, 3.8) is 0 Å². The number of hydrogen-bond donors (Lipinski definition) is 4. The summed E-state index contributed by atoms with van der Waals surface area (Å²) in [5.41, 5.74) is -0.215. The first-order chi connectivity index (χ1) is 7.06. The maximum absolute atomic E-state index is 10.6. The van der Waals surface area contributed by atoms with Crippen LogP contribution in [0.5, 0.6) is 0 Å². The molecule has 0 spiro atoms. The summed E-state index contributed by atoms with van der Waals surface area (Å²) in [7, 11) is 0. The van der Waals surface area contributed by atoms with Crippen LogP contribution in [0.1, 0.15) is 22.3 Å². The Morgan fingerprint density at radius 2 is 2.07 bits per heavy atom. The molecule has 0 amide bonds. The lowest BCUT2D eigenvalue weighted by molar-refractivity contribution is -0.0173. The molecule has 82 valence electrons. The molecule has 1 heterocycles. The highest BCUT2D eigenvalue weighted by atomic mass is 16.4. The smallest absolute Gasteiger partial charge is 0.354 e. The fourth-order valence-electron chi connectivity index (χ4n) is 1.03. The topological polar surface area (TPSA) is 111 Å². The van der Waals surface area contributed by atoms with Crippen molar-refractivity contribution in [2.24, 2.45) is 0 Å². The maximum Gasteiger partial charge on any atom is 0.354 e. The summed E-state index contributed by atoms with van der Waals surface area (Å²) in [5.74, 6) is -1.22. The maximum atomic E-state index is 10.6. The van der Waals surface area contributed by atoms with E-state index in [0.717, 1.165) is 0 Å². The highest BCUT2D eigenvalue weighted by Gasteiger charge is 2.19. The average Bonchev–Trinajstić information content (AvgIpc) is 2.27. The minimum Gasteiger partial charge on any atom is -0.477 e. The molecule has 0 fully saturated rings. The van der Waals surface area contributed by atoms with Crippen LogP contribution in [0.4, 0.5) is 0 Å². The van der Waals surface area contributed by atoms with Gasteiger partial charge in [-0.25, -0.2) is 9.78 Å². The predicted octanol–water partition coefficient (Wildman–Crippen LogP) is -0.834. The van der Waals surface area contributed by atoms with E-state index in [-0.39, 0.29) is 11.4 Å². The molecule has 2 unspecified atom stereocenters. The summed E-state index contributed by atoms with van der Waals surface area (Å²) in [5, 5.41) is 35.8. The number of carboxylic acid groups (broad SMARTS) is 1. The van der Waals surface area contributed by atoms with Gasteiger partial charge in [0.1, 0.15) is 17.9 Å². The molecule has 0 bridgehead atoms. The molecule has 0 saturated carbocycles. The third kappa shape index (κ3) is 2.72. The van der Waals surface area contributed by atoms with E-state index < -0.39 is 24.8 Å². The Kier molecular flexibility index (Phi) is 3.73. The molecule has 0 aromatic carbocycles. The number of nitrogens with zero attached hydrogens (tertiary/aromatic N) is 1. The van der Waals surface area contributed by atoms with Crippen molar-refractivity contribution in [2.75, 3.05) is 6.61 Å². The van der Waals surface area contributed by atoms with E-state index >= 15 is 0 Å². The molecular formula is C9H11NO5. The molecule has 2 atom stereocenters. The molecule has 6 heteroatoms. The number of carbonyl (C=O) groups is 1. The first-order valence-corrected chi connectivity index (χ1v) is 4.23. The summed E-state index contributed by atoms with van der Waals surface area (Å²) in [6.07, 6.45) is -2.77. The van der Waals surface area contributed by atoms with Crippen LogP contribution in [0.25, 0.3) is 0 Å². The Labute approximate surface area is 85.4 Å².